The van der Waals surface area contributed by atoms with Crippen LogP contribution in [0.3, 0.4) is 0 Å². The van der Waals surface area contributed by atoms with Crippen LogP contribution in [-0.4, -0.2) is 30.5 Å². The van der Waals surface area contributed by atoms with E-state index in [-0.39, 0.29) is 41.5 Å². The lowest BCUT2D eigenvalue weighted by molar-refractivity contribution is -0.384. The van der Waals surface area contributed by atoms with Crippen LogP contribution in [0.2, 0.25) is 5.02 Å². The number of amides is 1. The van der Waals surface area contributed by atoms with E-state index in [1.54, 1.807) is 0 Å². The quantitative estimate of drug-likeness (QED) is 0.619. The summed E-state index contributed by atoms with van der Waals surface area (Å²) in [4.78, 5) is 21.7. The number of hydrogen-bond acceptors (Lipinski definition) is 4. The molecule has 0 heterocycles. The molecular weight excluding hydrogens is 305 g/mol. The Morgan fingerprint density at radius 3 is 2.65 bits per heavy atom. The Hall–Kier alpha value is -1.37. The fourth-order valence-corrected chi connectivity index (χ4v) is 1.64. The number of hydrogen-bond donors (Lipinski definition) is 2. The number of rotatable bonds is 6. The molecule has 0 spiro atoms. The summed E-state index contributed by atoms with van der Waals surface area (Å²) in [5, 5.41) is 16.5. The summed E-state index contributed by atoms with van der Waals surface area (Å²) in [6.45, 7) is 2.46. The lowest BCUT2D eigenvalue weighted by Crippen LogP contribution is -2.37. The molecule has 1 unspecified atom stereocenters. The van der Waals surface area contributed by atoms with Crippen molar-refractivity contribution in [3.05, 3.63) is 38.9 Å². The Labute approximate surface area is 128 Å². The van der Waals surface area contributed by atoms with Crippen LogP contribution in [0.25, 0.3) is 0 Å². The van der Waals surface area contributed by atoms with Crippen LogP contribution in [-0.2, 0) is 11.2 Å². The summed E-state index contributed by atoms with van der Waals surface area (Å²) in [5.74, 6) is -0.169. The lowest BCUT2D eigenvalue weighted by atomic mass is 10.1. The fourth-order valence-electron chi connectivity index (χ4n) is 1.40. The first-order chi connectivity index (χ1) is 8.93. The Bertz CT molecular complexity index is 483. The maximum absolute atomic E-state index is 11.7. The van der Waals surface area contributed by atoms with Crippen LogP contribution in [0.5, 0.6) is 0 Å². The zero-order chi connectivity index (χ0) is 14.4. The minimum atomic E-state index is -0.523. The predicted octanol–water partition coefficient (Wildman–Crippen LogP) is 1.94. The highest BCUT2D eigenvalue weighted by atomic mass is 35.5. The summed E-state index contributed by atoms with van der Waals surface area (Å²) in [6.07, 6.45) is 0.104. The van der Waals surface area contributed by atoms with Gasteiger partial charge in [0.05, 0.1) is 16.4 Å². The second-order valence-electron chi connectivity index (χ2n) is 4.20. The van der Waals surface area contributed by atoms with E-state index in [1.165, 1.54) is 18.2 Å². The van der Waals surface area contributed by atoms with Crippen LogP contribution in [0.4, 0.5) is 5.69 Å². The Morgan fingerprint density at radius 1 is 1.50 bits per heavy atom. The van der Waals surface area contributed by atoms with Gasteiger partial charge in [0.25, 0.3) is 5.69 Å². The summed E-state index contributed by atoms with van der Waals surface area (Å²) in [6, 6.07) is 4.27. The van der Waals surface area contributed by atoms with Gasteiger partial charge in [0.1, 0.15) is 0 Å². The molecule has 0 aliphatic rings. The Balaban J connectivity index is 0.00000361. The number of non-ortho nitro benzene ring substituents is 1. The molecule has 0 aliphatic carbocycles. The zero-order valence-electron chi connectivity index (χ0n) is 11.2. The molecule has 0 aromatic heterocycles. The van der Waals surface area contributed by atoms with Crippen LogP contribution in [0.15, 0.2) is 18.2 Å². The smallest absolute Gasteiger partial charge is 0.270 e. The van der Waals surface area contributed by atoms with Crippen LogP contribution >= 0.6 is 24.0 Å². The van der Waals surface area contributed by atoms with Gasteiger partial charge in [-0.05, 0) is 19.5 Å². The average Bonchev–Trinajstić information content (AvgIpc) is 2.38. The largest absolute Gasteiger partial charge is 0.354 e. The topological polar surface area (TPSA) is 84.3 Å². The van der Waals surface area contributed by atoms with Crippen molar-refractivity contribution in [3.63, 3.8) is 0 Å². The Morgan fingerprint density at radius 2 is 2.15 bits per heavy atom. The number of nitro benzene ring substituents is 1. The standard InChI is InChI=1S/C12H16ClN3O3.ClH/c1-8(14-2)7-15-12(17)5-9-3-4-10(16(18)19)6-11(9)13;/h3-4,6,8,14H,5,7H2,1-2H3,(H,15,17);1H. The molecule has 0 saturated heterocycles. The van der Waals surface area contributed by atoms with Gasteiger partial charge in [0, 0.05) is 24.7 Å². The van der Waals surface area contributed by atoms with E-state index in [1.807, 2.05) is 14.0 Å². The molecule has 112 valence electrons. The van der Waals surface area contributed by atoms with Gasteiger partial charge in [-0.1, -0.05) is 17.7 Å². The minimum Gasteiger partial charge on any atom is -0.354 e. The van der Waals surface area contributed by atoms with Crippen molar-refractivity contribution in [2.75, 3.05) is 13.6 Å². The molecule has 2 N–H and O–H groups in total. The highest BCUT2D eigenvalue weighted by Gasteiger charge is 2.12. The number of benzene rings is 1. The molecule has 0 bridgehead atoms. The van der Waals surface area contributed by atoms with Crippen molar-refractivity contribution < 1.29 is 9.72 Å². The Kier molecular flexibility index (Phi) is 8.13. The zero-order valence-corrected chi connectivity index (χ0v) is 12.8. The van der Waals surface area contributed by atoms with E-state index in [2.05, 4.69) is 10.6 Å². The van der Waals surface area contributed by atoms with Gasteiger partial charge in [-0.15, -0.1) is 12.4 Å². The lowest BCUT2D eigenvalue weighted by Gasteiger charge is -2.11. The van der Waals surface area contributed by atoms with Gasteiger partial charge in [-0.2, -0.15) is 0 Å². The normalized spacial score (nSPS) is 11.3. The van der Waals surface area contributed by atoms with E-state index in [4.69, 9.17) is 11.6 Å². The third kappa shape index (κ3) is 5.73. The third-order valence-corrected chi connectivity index (χ3v) is 3.05. The summed E-state index contributed by atoms with van der Waals surface area (Å²) in [5.41, 5.74) is 0.486. The molecule has 0 radical (unpaired) electrons. The molecular formula is C12H17Cl2N3O3. The SMILES string of the molecule is CNC(C)CNC(=O)Cc1ccc([N+](=O)[O-])cc1Cl.Cl. The van der Waals surface area contributed by atoms with Gasteiger partial charge < -0.3 is 10.6 Å². The van der Waals surface area contributed by atoms with Gasteiger partial charge in [-0.25, -0.2) is 0 Å². The number of nitrogens with one attached hydrogen (secondary N) is 2. The number of nitrogens with zero attached hydrogens (tertiary/aromatic N) is 1. The van der Waals surface area contributed by atoms with Crippen molar-refractivity contribution in [2.45, 2.75) is 19.4 Å². The molecule has 0 aliphatic heterocycles. The molecule has 8 heteroatoms. The highest BCUT2D eigenvalue weighted by Crippen LogP contribution is 2.22. The molecule has 6 nitrogen and oxygen atoms in total. The van der Waals surface area contributed by atoms with E-state index >= 15 is 0 Å². The first kappa shape index (κ1) is 18.6. The number of likely N-dealkylation sites (N-methyl/N-ethyl adjacent to an activating group) is 1. The summed E-state index contributed by atoms with van der Waals surface area (Å²) < 4.78 is 0. The molecule has 20 heavy (non-hydrogen) atoms. The van der Waals surface area contributed by atoms with Gasteiger partial charge in [0.15, 0.2) is 0 Å². The predicted molar refractivity (Wildman–Crippen MR) is 80.6 cm³/mol. The molecule has 1 atom stereocenters. The van der Waals surface area contributed by atoms with Gasteiger partial charge in [0.2, 0.25) is 5.91 Å². The van der Waals surface area contributed by atoms with E-state index in [0.717, 1.165) is 0 Å². The van der Waals surface area contributed by atoms with Crippen molar-refractivity contribution >= 4 is 35.6 Å². The van der Waals surface area contributed by atoms with Crippen LogP contribution in [0, 0.1) is 10.1 Å². The molecule has 1 aromatic rings. The third-order valence-electron chi connectivity index (χ3n) is 2.70. The monoisotopic (exact) mass is 321 g/mol. The molecule has 1 rings (SSSR count). The van der Waals surface area contributed by atoms with Gasteiger partial charge >= 0.3 is 0 Å². The molecule has 0 fully saturated rings. The van der Waals surface area contributed by atoms with Crippen LogP contribution in [0.1, 0.15) is 12.5 Å². The van der Waals surface area contributed by atoms with E-state index < -0.39 is 4.92 Å². The fraction of sp³-hybridized carbons (Fsp3) is 0.417. The summed E-state index contributed by atoms with van der Waals surface area (Å²) >= 11 is 5.91. The van der Waals surface area contributed by atoms with E-state index in [0.29, 0.717) is 12.1 Å². The first-order valence-electron chi connectivity index (χ1n) is 5.80. The highest BCUT2D eigenvalue weighted by molar-refractivity contribution is 6.31. The van der Waals surface area contributed by atoms with Crippen molar-refractivity contribution in [1.82, 2.24) is 10.6 Å². The van der Waals surface area contributed by atoms with Crippen LogP contribution < -0.4 is 10.6 Å². The second-order valence-corrected chi connectivity index (χ2v) is 4.61. The molecule has 1 aromatic carbocycles. The number of carbonyl (C=O) groups is 1. The van der Waals surface area contributed by atoms with Crippen molar-refractivity contribution in [2.24, 2.45) is 0 Å². The molecule has 0 saturated carbocycles. The van der Waals surface area contributed by atoms with Crippen molar-refractivity contribution in [3.8, 4) is 0 Å². The van der Waals surface area contributed by atoms with Crippen molar-refractivity contribution in [1.29, 1.82) is 0 Å². The number of carbonyl (C=O) groups excluding carboxylic acids is 1. The number of halogens is 2. The molecule has 1 amide bonds. The first-order valence-corrected chi connectivity index (χ1v) is 6.18. The maximum atomic E-state index is 11.7. The van der Waals surface area contributed by atoms with E-state index in [9.17, 15) is 14.9 Å². The van der Waals surface area contributed by atoms with Gasteiger partial charge in [-0.3, -0.25) is 14.9 Å². The summed E-state index contributed by atoms with van der Waals surface area (Å²) in [7, 11) is 1.81. The second kappa shape index (κ2) is 8.73. The number of nitro groups is 1. The average molecular weight is 322 g/mol. The maximum Gasteiger partial charge on any atom is 0.270 e. The minimum absolute atomic E-state index is 0.